The van der Waals surface area contributed by atoms with Crippen LogP contribution in [0.3, 0.4) is 0 Å². The van der Waals surface area contributed by atoms with Gasteiger partial charge in [0.1, 0.15) is 5.69 Å². The molecule has 0 saturated heterocycles. The maximum absolute atomic E-state index is 4.71. The van der Waals surface area contributed by atoms with E-state index in [2.05, 4.69) is 35.6 Å². The number of hydrogen-bond donors (Lipinski definition) is 1. The molecule has 0 radical (unpaired) electrons. The molecule has 2 aromatic rings. The molecule has 0 saturated carbocycles. The number of thiophene rings is 1. The van der Waals surface area contributed by atoms with E-state index in [0.29, 0.717) is 0 Å². The van der Waals surface area contributed by atoms with Crippen molar-refractivity contribution in [2.45, 2.75) is 34.1 Å². The number of hydrogen-bond acceptors (Lipinski definition) is 4. The monoisotopic (exact) mass is 261 g/mol. The zero-order chi connectivity index (χ0) is 13.1. The summed E-state index contributed by atoms with van der Waals surface area (Å²) in [6.07, 6.45) is 1.08. The molecule has 0 spiro atoms. The van der Waals surface area contributed by atoms with E-state index < -0.39 is 0 Å². The zero-order valence-corrected chi connectivity index (χ0v) is 12.2. The average molecular weight is 261 g/mol. The van der Waals surface area contributed by atoms with Gasteiger partial charge in [0.25, 0.3) is 0 Å². The number of nitrogens with zero attached hydrogens (tertiary/aromatic N) is 2. The van der Waals surface area contributed by atoms with Crippen LogP contribution in [0, 0.1) is 20.8 Å². The van der Waals surface area contributed by atoms with E-state index in [1.54, 1.807) is 11.3 Å². The van der Waals surface area contributed by atoms with Gasteiger partial charge in [-0.25, -0.2) is 9.97 Å². The number of aryl methyl sites for hydroxylation is 3. The second-order valence-corrected chi connectivity index (χ2v) is 5.37. The lowest BCUT2D eigenvalue weighted by molar-refractivity contribution is 0.954. The summed E-state index contributed by atoms with van der Waals surface area (Å²) in [5, 5.41) is 5.48. The molecule has 0 fully saturated rings. The lowest BCUT2D eigenvalue weighted by atomic mass is 10.2. The number of rotatable bonds is 4. The van der Waals surface area contributed by atoms with Gasteiger partial charge in [-0.1, -0.05) is 6.92 Å². The summed E-state index contributed by atoms with van der Waals surface area (Å²) in [5.74, 6) is 0.908. The van der Waals surface area contributed by atoms with E-state index in [4.69, 9.17) is 4.98 Å². The molecular formula is C14H19N3S. The quantitative estimate of drug-likeness (QED) is 0.905. The van der Waals surface area contributed by atoms with E-state index in [0.717, 1.165) is 35.9 Å². The van der Waals surface area contributed by atoms with Crippen molar-refractivity contribution in [3.05, 3.63) is 28.4 Å². The molecule has 3 nitrogen and oxygen atoms in total. The van der Waals surface area contributed by atoms with E-state index in [1.165, 1.54) is 10.4 Å². The van der Waals surface area contributed by atoms with Gasteiger partial charge in [0.2, 0.25) is 0 Å². The summed E-state index contributed by atoms with van der Waals surface area (Å²) in [6, 6.07) is 2.13. The Labute approximate surface area is 112 Å². The first-order valence-electron chi connectivity index (χ1n) is 6.27. The highest BCUT2D eigenvalue weighted by Gasteiger charge is 2.13. The Morgan fingerprint density at radius 1 is 1.17 bits per heavy atom. The maximum atomic E-state index is 4.71. The van der Waals surface area contributed by atoms with Crippen LogP contribution in [0.4, 0.5) is 5.82 Å². The molecule has 18 heavy (non-hydrogen) atoms. The van der Waals surface area contributed by atoms with E-state index in [9.17, 15) is 0 Å². The van der Waals surface area contributed by atoms with Crippen LogP contribution in [-0.2, 0) is 0 Å². The van der Waals surface area contributed by atoms with Crippen LogP contribution < -0.4 is 5.32 Å². The van der Waals surface area contributed by atoms with Crippen LogP contribution >= 0.6 is 11.3 Å². The topological polar surface area (TPSA) is 37.8 Å². The Kier molecular flexibility index (Phi) is 3.97. The van der Waals surface area contributed by atoms with Crippen molar-refractivity contribution in [1.82, 2.24) is 9.97 Å². The molecule has 0 aromatic carbocycles. The van der Waals surface area contributed by atoms with Crippen LogP contribution in [0.2, 0.25) is 0 Å². The minimum absolute atomic E-state index is 0.908. The van der Waals surface area contributed by atoms with Gasteiger partial charge in [-0.2, -0.15) is 0 Å². The number of anilines is 1. The highest BCUT2D eigenvalue weighted by atomic mass is 32.1. The summed E-state index contributed by atoms with van der Waals surface area (Å²) >= 11 is 1.72. The van der Waals surface area contributed by atoms with Crippen LogP contribution in [0.5, 0.6) is 0 Å². The predicted molar refractivity (Wildman–Crippen MR) is 78.3 cm³/mol. The van der Waals surface area contributed by atoms with Gasteiger partial charge in [-0.05, 0) is 44.2 Å². The summed E-state index contributed by atoms with van der Waals surface area (Å²) in [5.41, 5.74) is 4.24. The van der Waals surface area contributed by atoms with Crippen molar-refractivity contribution >= 4 is 17.2 Å². The Hall–Kier alpha value is -1.42. The van der Waals surface area contributed by atoms with Crippen molar-refractivity contribution in [3.8, 4) is 10.6 Å². The lowest BCUT2D eigenvalue weighted by Gasteiger charge is -2.12. The molecule has 0 aliphatic carbocycles. The summed E-state index contributed by atoms with van der Waals surface area (Å²) in [6.45, 7) is 9.21. The van der Waals surface area contributed by atoms with Gasteiger partial charge < -0.3 is 5.32 Å². The molecule has 96 valence electrons. The molecule has 4 heteroatoms. The maximum Gasteiger partial charge on any atom is 0.153 e. The molecule has 0 atom stereocenters. The van der Waals surface area contributed by atoms with Crippen molar-refractivity contribution in [3.63, 3.8) is 0 Å². The summed E-state index contributed by atoms with van der Waals surface area (Å²) in [4.78, 5) is 10.6. The summed E-state index contributed by atoms with van der Waals surface area (Å²) in [7, 11) is 0. The molecule has 1 N–H and O–H groups in total. The van der Waals surface area contributed by atoms with Crippen LogP contribution in [0.15, 0.2) is 11.4 Å². The van der Waals surface area contributed by atoms with Gasteiger partial charge in [-0.15, -0.1) is 11.3 Å². The lowest BCUT2D eigenvalue weighted by Crippen LogP contribution is -2.07. The van der Waals surface area contributed by atoms with Crippen molar-refractivity contribution < 1.29 is 0 Å². The molecule has 0 bridgehead atoms. The molecular weight excluding hydrogens is 242 g/mol. The van der Waals surface area contributed by atoms with Crippen molar-refractivity contribution in [2.24, 2.45) is 0 Å². The fraction of sp³-hybridized carbons (Fsp3) is 0.429. The zero-order valence-electron chi connectivity index (χ0n) is 11.4. The Balaban J connectivity index is 2.50. The van der Waals surface area contributed by atoms with Gasteiger partial charge in [-0.3, -0.25) is 0 Å². The molecule has 0 aliphatic heterocycles. The Bertz CT molecular complexity index is 546. The van der Waals surface area contributed by atoms with Crippen molar-refractivity contribution in [2.75, 3.05) is 11.9 Å². The fourth-order valence-electron chi connectivity index (χ4n) is 1.74. The molecule has 0 aliphatic rings. The average Bonchev–Trinajstić information content (AvgIpc) is 2.76. The Morgan fingerprint density at radius 2 is 1.89 bits per heavy atom. The van der Waals surface area contributed by atoms with Crippen molar-refractivity contribution in [1.29, 1.82) is 0 Å². The normalized spacial score (nSPS) is 10.7. The van der Waals surface area contributed by atoms with Gasteiger partial charge in [0.15, 0.2) is 5.82 Å². The minimum Gasteiger partial charge on any atom is -0.368 e. The Morgan fingerprint density at radius 3 is 2.50 bits per heavy atom. The van der Waals surface area contributed by atoms with Crippen LogP contribution in [0.1, 0.15) is 30.3 Å². The molecule has 0 amide bonds. The minimum atomic E-state index is 0.908. The van der Waals surface area contributed by atoms with Gasteiger partial charge in [0, 0.05) is 6.54 Å². The largest absolute Gasteiger partial charge is 0.368 e. The second-order valence-electron chi connectivity index (χ2n) is 4.45. The summed E-state index contributed by atoms with van der Waals surface area (Å²) < 4.78 is 0. The third-order valence-electron chi connectivity index (χ3n) is 2.93. The fourth-order valence-corrected chi connectivity index (χ4v) is 2.66. The molecule has 2 heterocycles. The van der Waals surface area contributed by atoms with Crippen LogP contribution in [-0.4, -0.2) is 16.5 Å². The van der Waals surface area contributed by atoms with Crippen LogP contribution in [0.25, 0.3) is 10.6 Å². The third kappa shape index (κ3) is 2.53. The molecule has 0 unspecified atom stereocenters. The second kappa shape index (κ2) is 5.48. The predicted octanol–water partition coefficient (Wildman–Crippen LogP) is 3.95. The number of aromatic nitrogens is 2. The smallest absolute Gasteiger partial charge is 0.153 e. The van der Waals surface area contributed by atoms with E-state index >= 15 is 0 Å². The van der Waals surface area contributed by atoms with Gasteiger partial charge >= 0.3 is 0 Å². The highest BCUT2D eigenvalue weighted by Crippen LogP contribution is 2.32. The SMILES string of the molecule is CCCNc1nc(C)c(C)nc1-c1sccc1C. The van der Waals surface area contributed by atoms with Gasteiger partial charge in [0.05, 0.1) is 16.3 Å². The first-order chi connectivity index (χ1) is 8.63. The highest BCUT2D eigenvalue weighted by molar-refractivity contribution is 7.13. The molecule has 2 rings (SSSR count). The van der Waals surface area contributed by atoms with E-state index in [-0.39, 0.29) is 0 Å². The standard InChI is InChI=1S/C14H19N3S/c1-5-7-15-14-12(13-9(2)6-8-18-13)16-10(3)11(4)17-14/h6,8H,5,7H2,1-4H3,(H,15,17). The first kappa shape index (κ1) is 13.0. The first-order valence-corrected chi connectivity index (χ1v) is 7.15. The number of nitrogens with one attached hydrogen (secondary N) is 1. The molecule has 2 aromatic heterocycles. The third-order valence-corrected chi connectivity index (χ3v) is 3.95. The van der Waals surface area contributed by atoms with E-state index in [1.807, 2.05) is 13.8 Å².